The van der Waals surface area contributed by atoms with E-state index in [9.17, 15) is 0 Å². The van der Waals surface area contributed by atoms with E-state index in [0.717, 1.165) is 55.0 Å². The molecule has 8 aromatic rings. The molecule has 0 amide bonds. The number of aromatic nitrogens is 8. The van der Waals surface area contributed by atoms with E-state index in [1.807, 2.05) is 45.8 Å². The van der Waals surface area contributed by atoms with Gasteiger partial charge in [-0.25, -0.2) is 9.36 Å². The van der Waals surface area contributed by atoms with E-state index in [0.29, 0.717) is 18.3 Å². The van der Waals surface area contributed by atoms with Crippen molar-refractivity contribution in [1.29, 1.82) is 0 Å². The molecule has 0 saturated carbocycles. The predicted octanol–water partition coefficient (Wildman–Crippen LogP) is 8.26. The zero-order chi connectivity index (χ0) is 30.0. The molecule has 8 nitrogen and oxygen atoms in total. The Labute approximate surface area is 267 Å². The maximum absolute atomic E-state index is 5.01. The number of benzene rings is 4. The molecule has 0 saturated heterocycles. The number of thioether (sulfide) groups is 2. The van der Waals surface area contributed by atoms with Crippen LogP contribution in [0.2, 0.25) is 0 Å². The minimum atomic E-state index is 0.370. The SMILES string of the molecule is c1ccc(CSc2nc(-c3cc4ccccc4[nH]3)nn2Cn2nc(-c3cc4ccccc4[nH]3)nc2SCc2ccccc2)cc1. The number of para-hydroxylation sites is 2. The first-order valence-corrected chi connectivity index (χ1v) is 16.6. The molecular weight excluding hydrogens is 597 g/mol. The van der Waals surface area contributed by atoms with Crippen molar-refractivity contribution in [3.05, 3.63) is 132 Å². The van der Waals surface area contributed by atoms with Crippen LogP contribution < -0.4 is 0 Å². The Morgan fingerprint density at radius 2 is 0.933 bits per heavy atom. The van der Waals surface area contributed by atoms with Crippen molar-refractivity contribution in [2.75, 3.05) is 0 Å². The van der Waals surface area contributed by atoms with Gasteiger partial charge in [-0.3, -0.25) is 0 Å². The zero-order valence-electron chi connectivity index (χ0n) is 24.2. The number of nitrogens with one attached hydrogen (secondary N) is 2. The molecule has 0 spiro atoms. The van der Waals surface area contributed by atoms with Crippen LogP contribution in [-0.4, -0.2) is 39.5 Å². The minimum Gasteiger partial charge on any atom is -0.352 e. The molecule has 0 atom stereocenters. The van der Waals surface area contributed by atoms with Gasteiger partial charge in [0.05, 0.1) is 11.4 Å². The third kappa shape index (κ3) is 5.90. The van der Waals surface area contributed by atoms with Gasteiger partial charge in [0.15, 0.2) is 22.0 Å². The lowest BCUT2D eigenvalue weighted by Crippen LogP contribution is -2.13. The first kappa shape index (κ1) is 27.5. The second-order valence-corrected chi connectivity index (χ2v) is 12.6. The monoisotopic (exact) mass is 624 g/mol. The molecule has 0 unspecified atom stereocenters. The molecule has 2 N–H and O–H groups in total. The van der Waals surface area contributed by atoms with Crippen molar-refractivity contribution in [1.82, 2.24) is 39.5 Å². The summed E-state index contributed by atoms with van der Waals surface area (Å²) >= 11 is 3.33. The van der Waals surface area contributed by atoms with Crippen LogP contribution in [-0.2, 0) is 18.2 Å². The average molecular weight is 625 g/mol. The van der Waals surface area contributed by atoms with E-state index < -0.39 is 0 Å². The molecule has 0 bridgehead atoms. The van der Waals surface area contributed by atoms with Crippen molar-refractivity contribution < 1.29 is 0 Å². The molecule has 0 aliphatic rings. The van der Waals surface area contributed by atoms with Crippen LogP contribution in [0.3, 0.4) is 0 Å². The van der Waals surface area contributed by atoms with Gasteiger partial charge < -0.3 is 9.97 Å². The molecule has 4 aromatic heterocycles. The molecule has 10 heteroatoms. The average Bonchev–Trinajstić information content (AvgIpc) is 3.88. The van der Waals surface area contributed by atoms with Gasteiger partial charge >= 0.3 is 0 Å². The van der Waals surface area contributed by atoms with Gasteiger partial charge in [0.2, 0.25) is 0 Å². The Bertz CT molecular complexity index is 1990. The third-order valence-electron chi connectivity index (χ3n) is 7.51. The summed E-state index contributed by atoms with van der Waals surface area (Å²) in [6, 6.07) is 41.5. The van der Waals surface area contributed by atoms with Gasteiger partial charge in [0, 0.05) is 33.3 Å². The maximum atomic E-state index is 5.01. The fourth-order valence-electron chi connectivity index (χ4n) is 5.24. The van der Waals surface area contributed by atoms with Crippen LogP contribution in [0.1, 0.15) is 11.1 Å². The molecule has 4 heterocycles. The highest BCUT2D eigenvalue weighted by atomic mass is 32.2. The molecule has 0 fully saturated rings. The summed E-state index contributed by atoms with van der Waals surface area (Å²) in [4.78, 5) is 17.0. The van der Waals surface area contributed by atoms with E-state index in [4.69, 9.17) is 20.2 Å². The maximum Gasteiger partial charge on any atom is 0.198 e. The predicted molar refractivity (Wildman–Crippen MR) is 182 cm³/mol. The lowest BCUT2D eigenvalue weighted by atomic mass is 10.2. The number of fused-ring (bicyclic) bond motifs is 2. The summed E-state index contributed by atoms with van der Waals surface area (Å²) in [5.41, 5.74) is 6.33. The molecule has 45 heavy (non-hydrogen) atoms. The summed E-state index contributed by atoms with van der Waals surface area (Å²) in [7, 11) is 0. The normalized spacial score (nSPS) is 11.6. The Kier molecular flexibility index (Phi) is 7.42. The molecule has 0 aliphatic heterocycles. The second kappa shape index (κ2) is 12.1. The van der Waals surface area contributed by atoms with Crippen molar-refractivity contribution in [3.8, 4) is 23.0 Å². The van der Waals surface area contributed by atoms with Crippen LogP contribution in [0.4, 0.5) is 0 Å². The lowest BCUT2D eigenvalue weighted by Gasteiger charge is -2.08. The van der Waals surface area contributed by atoms with Crippen molar-refractivity contribution >= 4 is 45.3 Å². The van der Waals surface area contributed by atoms with Crippen molar-refractivity contribution in [2.45, 2.75) is 28.5 Å². The van der Waals surface area contributed by atoms with Crippen LogP contribution in [0.5, 0.6) is 0 Å². The molecule has 0 radical (unpaired) electrons. The Morgan fingerprint density at radius 3 is 1.38 bits per heavy atom. The topological polar surface area (TPSA) is 93.0 Å². The van der Waals surface area contributed by atoms with E-state index in [1.54, 1.807) is 23.5 Å². The first-order chi connectivity index (χ1) is 22.2. The van der Waals surface area contributed by atoms with Crippen LogP contribution in [0.15, 0.2) is 132 Å². The summed E-state index contributed by atoms with van der Waals surface area (Å²) in [6.07, 6.45) is 0. The summed E-state index contributed by atoms with van der Waals surface area (Å²) < 4.78 is 3.87. The Balaban J connectivity index is 1.16. The highest BCUT2D eigenvalue weighted by molar-refractivity contribution is 7.98. The second-order valence-electron chi connectivity index (χ2n) is 10.7. The van der Waals surface area contributed by atoms with Gasteiger partial charge in [-0.05, 0) is 35.4 Å². The number of aromatic amines is 2. The molecule has 0 aliphatic carbocycles. The van der Waals surface area contributed by atoms with Gasteiger partial charge in [-0.15, -0.1) is 10.2 Å². The van der Waals surface area contributed by atoms with Crippen molar-refractivity contribution in [3.63, 3.8) is 0 Å². The number of hydrogen-bond donors (Lipinski definition) is 2. The standard InChI is InChI=1S/C35H28N8S2/c1-3-11-24(12-4-1)21-44-34-38-32(30-19-26-15-7-9-17-28(26)36-30)40-42(34)23-43-35(45-22-25-13-5-2-6-14-25)39-33(41-43)31-20-27-16-8-10-18-29(27)37-31/h1-20,36-37H,21-23H2. The first-order valence-electron chi connectivity index (χ1n) is 14.6. The number of rotatable bonds is 10. The lowest BCUT2D eigenvalue weighted by molar-refractivity contribution is 0.440. The Hall–Kier alpha value is -5.06. The van der Waals surface area contributed by atoms with Gasteiger partial charge in [0.25, 0.3) is 0 Å². The van der Waals surface area contributed by atoms with Gasteiger partial charge in [0.1, 0.15) is 6.67 Å². The number of H-pyrrole nitrogens is 2. The van der Waals surface area contributed by atoms with Crippen LogP contribution in [0, 0.1) is 0 Å². The van der Waals surface area contributed by atoms with Gasteiger partial charge in [-0.1, -0.05) is 121 Å². The fourth-order valence-corrected chi connectivity index (χ4v) is 7.01. The quantitative estimate of drug-likeness (QED) is 0.149. The highest BCUT2D eigenvalue weighted by Crippen LogP contribution is 2.30. The summed E-state index contributed by atoms with van der Waals surface area (Å²) in [6.45, 7) is 0.370. The summed E-state index contributed by atoms with van der Waals surface area (Å²) in [5, 5.41) is 13.9. The molecule has 4 aromatic carbocycles. The zero-order valence-corrected chi connectivity index (χ0v) is 25.8. The van der Waals surface area contributed by atoms with E-state index in [-0.39, 0.29) is 0 Å². The Morgan fingerprint density at radius 1 is 0.511 bits per heavy atom. The van der Waals surface area contributed by atoms with Crippen molar-refractivity contribution in [2.24, 2.45) is 0 Å². The molecule has 8 rings (SSSR count). The minimum absolute atomic E-state index is 0.370. The smallest absolute Gasteiger partial charge is 0.198 e. The number of hydrogen-bond acceptors (Lipinski definition) is 6. The largest absolute Gasteiger partial charge is 0.352 e. The van der Waals surface area contributed by atoms with Crippen LogP contribution >= 0.6 is 23.5 Å². The highest BCUT2D eigenvalue weighted by Gasteiger charge is 2.19. The summed E-state index contributed by atoms with van der Waals surface area (Å²) in [5.74, 6) is 2.85. The number of nitrogens with zero attached hydrogens (tertiary/aromatic N) is 6. The van der Waals surface area contributed by atoms with E-state index in [1.165, 1.54) is 11.1 Å². The molecule has 220 valence electrons. The van der Waals surface area contributed by atoms with E-state index in [2.05, 4.69) is 94.9 Å². The third-order valence-corrected chi connectivity index (χ3v) is 9.58. The van der Waals surface area contributed by atoms with E-state index >= 15 is 0 Å². The molecular formula is C35H28N8S2. The van der Waals surface area contributed by atoms with Gasteiger partial charge in [-0.2, -0.15) is 9.97 Å². The van der Waals surface area contributed by atoms with Crippen LogP contribution in [0.25, 0.3) is 44.8 Å². The fraction of sp³-hybridized carbons (Fsp3) is 0.0857.